The van der Waals surface area contributed by atoms with Crippen molar-refractivity contribution in [1.29, 1.82) is 0 Å². The zero-order chi connectivity index (χ0) is 18.0. The Labute approximate surface area is 144 Å². The second kappa shape index (κ2) is 7.10. The molecule has 2 aliphatic rings. The van der Waals surface area contributed by atoms with Gasteiger partial charge in [0.1, 0.15) is 17.9 Å². The van der Waals surface area contributed by atoms with E-state index >= 15 is 0 Å². The van der Waals surface area contributed by atoms with Crippen LogP contribution in [0.3, 0.4) is 0 Å². The zero-order valence-electron chi connectivity index (χ0n) is 13.7. The fraction of sp³-hybridized carbons (Fsp3) is 0.471. The first-order chi connectivity index (χ1) is 12.0. The van der Waals surface area contributed by atoms with Crippen molar-refractivity contribution < 1.29 is 24.2 Å². The summed E-state index contributed by atoms with van der Waals surface area (Å²) in [5.41, 5.74) is 6.64. The van der Waals surface area contributed by atoms with E-state index in [-0.39, 0.29) is 31.4 Å². The van der Waals surface area contributed by atoms with Gasteiger partial charge >= 0.3 is 5.97 Å². The van der Waals surface area contributed by atoms with Gasteiger partial charge in [-0.25, -0.2) is 0 Å². The molecule has 1 saturated heterocycles. The van der Waals surface area contributed by atoms with E-state index in [1.165, 1.54) is 4.90 Å². The molecule has 1 aromatic rings. The number of ether oxygens (including phenoxy) is 1. The van der Waals surface area contributed by atoms with Gasteiger partial charge in [0.2, 0.25) is 5.91 Å². The summed E-state index contributed by atoms with van der Waals surface area (Å²) < 4.78 is 5.90. The molecule has 4 N–H and O–H groups in total. The van der Waals surface area contributed by atoms with E-state index in [9.17, 15) is 14.4 Å². The van der Waals surface area contributed by atoms with E-state index in [0.29, 0.717) is 11.3 Å². The molecule has 0 bridgehead atoms. The van der Waals surface area contributed by atoms with E-state index in [4.69, 9.17) is 15.6 Å². The minimum absolute atomic E-state index is 0.00148. The smallest absolute Gasteiger partial charge is 0.303 e. The number of amides is 2. The van der Waals surface area contributed by atoms with Crippen LogP contribution in [0.2, 0.25) is 0 Å². The Hall–Kier alpha value is -2.61. The van der Waals surface area contributed by atoms with Crippen LogP contribution in [0.1, 0.15) is 35.2 Å². The van der Waals surface area contributed by atoms with Gasteiger partial charge < -0.3 is 25.8 Å². The third kappa shape index (κ3) is 3.74. The lowest BCUT2D eigenvalue weighted by molar-refractivity contribution is -0.137. The number of primary amides is 1. The molecule has 0 saturated carbocycles. The minimum atomic E-state index is -1.03. The van der Waals surface area contributed by atoms with Gasteiger partial charge in [0.15, 0.2) is 0 Å². The largest absolute Gasteiger partial charge is 0.489 e. The van der Waals surface area contributed by atoms with Crippen molar-refractivity contribution in [1.82, 2.24) is 10.2 Å². The Kier molecular flexibility index (Phi) is 4.89. The molecule has 0 aliphatic carbocycles. The van der Waals surface area contributed by atoms with Crippen molar-refractivity contribution in [3.8, 4) is 5.75 Å². The number of hydrogen-bond donors (Lipinski definition) is 3. The van der Waals surface area contributed by atoms with Crippen molar-refractivity contribution in [2.24, 2.45) is 5.73 Å². The first kappa shape index (κ1) is 17.2. The quantitative estimate of drug-likeness (QED) is 0.643. The number of carboxylic acids is 1. The Morgan fingerprint density at radius 3 is 2.88 bits per heavy atom. The summed E-state index contributed by atoms with van der Waals surface area (Å²) in [7, 11) is 0. The van der Waals surface area contributed by atoms with Gasteiger partial charge in [-0.3, -0.25) is 14.4 Å². The first-order valence-electron chi connectivity index (χ1n) is 8.28. The summed E-state index contributed by atoms with van der Waals surface area (Å²) in [6, 6.07) is 4.31. The molecular formula is C17H21N3O5. The normalized spacial score (nSPS) is 20.4. The Balaban J connectivity index is 1.74. The van der Waals surface area contributed by atoms with Crippen molar-refractivity contribution in [2.75, 3.05) is 13.1 Å². The SMILES string of the molecule is NC(=O)C(CCC(=O)O)N1Cc2cc(OC3CCNC3)ccc2C1=O. The van der Waals surface area contributed by atoms with Gasteiger partial charge in [-0.15, -0.1) is 0 Å². The van der Waals surface area contributed by atoms with Crippen LogP contribution in [0, 0.1) is 0 Å². The number of rotatable bonds is 7. The molecular weight excluding hydrogens is 326 g/mol. The number of carbonyl (C=O) groups excluding carboxylic acids is 2. The van der Waals surface area contributed by atoms with Gasteiger partial charge in [0.25, 0.3) is 5.91 Å². The molecule has 0 spiro atoms. The Bertz CT molecular complexity index is 700. The Morgan fingerprint density at radius 2 is 2.24 bits per heavy atom. The average Bonchev–Trinajstić information content (AvgIpc) is 3.16. The molecule has 2 amide bonds. The van der Waals surface area contributed by atoms with Crippen LogP contribution in [0.4, 0.5) is 0 Å². The molecule has 25 heavy (non-hydrogen) atoms. The third-order valence-corrected chi connectivity index (χ3v) is 4.56. The molecule has 3 rings (SSSR count). The van der Waals surface area contributed by atoms with Crippen molar-refractivity contribution in [3.05, 3.63) is 29.3 Å². The maximum atomic E-state index is 12.6. The zero-order valence-corrected chi connectivity index (χ0v) is 13.7. The van der Waals surface area contributed by atoms with Gasteiger partial charge in [-0.2, -0.15) is 0 Å². The molecule has 2 heterocycles. The summed E-state index contributed by atoms with van der Waals surface area (Å²) in [6.45, 7) is 1.94. The van der Waals surface area contributed by atoms with E-state index in [1.807, 2.05) is 0 Å². The van der Waals surface area contributed by atoms with Crippen LogP contribution in [-0.2, 0) is 16.1 Å². The minimum Gasteiger partial charge on any atom is -0.489 e. The van der Waals surface area contributed by atoms with Gasteiger partial charge in [-0.1, -0.05) is 0 Å². The van der Waals surface area contributed by atoms with Crippen molar-refractivity contribution >= 4 is 17.8 Å². The van der Waals surface area contributed by atoms with E-state index in [0.717, 1.165) is 25.1 Å². The number of nitrogens with two attached hydrogens (primary N) is 1. The highest BCUT2D eigenvalue weighted by molar-refractivity contribution is 6.01. The summed E-state index contributed by atoms with van der Waals surface area (Å²) in [5.74, 6) is -1.35. The fourth-order valence-corrected chi connectivity index (χ4v) is 3.28. The highest BCUT2D eigenvalue weighted by atomic mass is 16.5. The van der Waals surface area contributed by atoms with Crippen LogP contribution < -0.4 is 15.8 Å². The predicted octanol–water partition coefficient (Wildman–Crippen LogP) is 0.102. The third-order valence-electron chi connectivity index (χ3n) is 4.56. The number of hydrogen-bond acceptors (Lipinski definition) is 5. The maximum absolute atomic E-state index is 12.6. The molecule has 2 aliphatic heterocycles. The van der Waals surface area contributed by atoms with Crippen molar-refractivity contribution in [3.63, 3.8) is 0 Å². The molecule has 134 valence electrons. The molecule has 1 fully saturated rings. The van der Waals surface area contributed by atoms with Crippen molar-refractivity contribution in [2.45, 2.75) is 38.0 Å². The number of carbonyl (C=O) groups is 3. The molecule has 2 atom stereocenters. The number of carboxylic acid groups (broad SMARTS) is 1. The molecule has 8 heteroatoms. The van der Waals surface area contributed by atoms with Gasteiger partial charge in [0.05, 0.1) is 0 Å². The molecule has 2 unspecified atom stereocenters. The summed E-state index contributed by atoms with van der Waals surface area (Å²) in [5, 5.41) is 12.0. The molecule has 1 aromatic carbocycles. The number of fused-ring (bicyclic) bond motifs is 1. The maximum Gasteiger partial charge on any atom is 0.303 e. The number of nitrogens with zero attached hydrogens (tertiary/aromatic N) is 1. The summed E-state index contributed by atoms with van der Waals surface area (Å²) in [6.07, 6.45) is 0.819. The highest BCUT2D eigenvalue weighted by Gasteiger charge is 2.35. The number of nitrogens with one attached hydrogen (secondary N) is 1. The van der Waals surface area contributed by atoms with E-state index < -0.39 is 17.9 Å². The lowest BCUT2D eigenvalue weighted by Crippen LogP contribution is -2.45. The highest BCUT2D eigenvalue weighted by Crippen LogP contribution is 2.30. The van der Waals surface area contributed by atoms with E-state index in [1.54, 1.807) is 18.2 Å². The number of aliphatic carboxylic acids is 1. The summed E-state index contributed by atoms with van der Waals surface area (Å²) in [4.78, 5) is 36.4. The molecule has 8 nitrogen and oxygen atoms in total. The van der Waals surface area contributed by atoms with Gasteiger partial charge in [0, 0.05) is 25.1 Å². The second-order valence-electron chi connectivity index (χ2n) is 6.34. The second-order valence-corrected chi connectivity index (χ2v) is 6.34. The Morgan fingerprint density at radius 1 is 1.44 bits per heavy atom. The number of benzene rings is 1. The van der Waals surface area contributed by atoms with Crippen LogP contribution in [0.5, 0.6) is 5.75 Å². The van der Waals surface area contributed by atoms with Crippen LogP contribution in [0.15, 0.2) is 18.2 Å². The topological polar surface area (TPSA) is 122 Å². The predicted molar refractivity (Wildman–Crippen MR) is 88.1 cm³/mol. The molecule has 0 radical (unpaired) electrons. The lowest BCUT2D eigenvalue weighted by Gasteiger charge is -2.24. The van der Waals surface area contributed by atoms with Gasteiger partial charge in [-0.05, 0) is 43.1 Å². The lowest BCUT2D eigenvalue weighted by atomic mass is 10.1. The average molecular weight is 347 g/mol. The standard InChI is InChI=1S/C17H21N3O5/c18-16(23)14(3-4-15(21)22)20-9-10-7-11(1-2-13(10)17(20)24)25-12-5-6-19-8-12/h1-2,7,12,14,19H,3-6,8-9H2,(H2,18,23)(H,21,22). The first-order valence-corrected chi connectivity index (χ1v) is 8.28. The van der Waals surface area contributed by atoms with Crippen LogP contribution in [-0.4, -0.2) is 53.0 Å². The monoisotopic (exact) mass is 347 g/mol. The fourth-order valence-electron chi connectivity index (χ4n) is 3.28. The van der Waals surface area contributed by atoms with E-state index in [2.05, 4.69) is 5.32 Å². The van der Waals surface area contributed by atoms with Crippen LogP contribution >= 0.6 is 0 Å². The molecule has 0 aromatic heterocycles. The van der Waals surface area contributed by atoms with Crippen LogP contribution in [0.25, 0.3) is 0 Å². The summed E-state index contributed by atoms with van der Waals surface area (Å²) >= 11 is 0.